The Bertz CT molecular complexity index is 337. The first-order chi connectivity index (χ1) is 9.52. The minimum Gasteiger partial charge on any atom is -0.364 e. The lowest BCUT2D eigenvalue weighted by Gasteiger charge is -2.39. The first-order valence-electron chi connectivity index (χ1n) is 7.89. The van der Waals surface area contributed by atoms with E-state index >= 15 is 0 Å². The molecule has 132 valence electrons. The van der Waals surface area contributed by atoms with Gasteiger partial charge in [0.1, 0.15) is 6.10 Å². The van der Waals surface area contributed by atoms with Crippen LogP contribution in [0.25, 0.3) is 0 Å². The molecule has 2 atom stereocenters. The van der Waals surface area contributed by atoms with Crippen LogP contribution in [0.15, 0.2) is 0 Å². The molecule has 1 amide bonds. The molecule has 2 saturated heterocycles. The van der Waals surface area contributed by atoms with Gasteiger partial charge >= 0.3 is 0 Å². The molecule has 2 fully saturated rings. The lowest BCUT2D eigenvalue weighted by atomic mass is 10.0. The Morgan fingerprint density at radius 1 is 1.23 bits per heavy atom. The van der Waals surface area contributed by atoms with Gasteiger partial charge in [-0.15, -0.1) is 24.8 Å². The van der Waals surface area contributed by atoms with E-state index in [2.05, 4.69) is 18.7 Å². The van der Waals surface area contributed by atoms with Gasteiger partial charge in [0.25, 0.3) is 5.91 Å². The van der Waals surface area contributed by atoms with Gasteiger partial charge in [-0.25, -0.2) is 0 Å². The van der Waals surface area contributed by atoms with Crippen LogP contribution in [0.4, 0.5) is 0 Å². The molecule has 2 N–H and O–H groups in total. The number of carbonyl (C=O) groups is 1. The van der Waals surface area contributed by atoms with Gasteiger partial charge in [-0.2, -0.15) is 0 Å². The molecule has 22 heavy (non-hydrogen) atoms. The molecule has 2 rings (SSSR count). The van der Waals surface area contributed by atoms with Crippen molar-refractivity contribution in [2.75, 3.05) is 26.7 Å². The Balaban J connectivity index is 0.00000220. The number of rotatable bonds is 4. The zero-order valence-corrected chi connectivity index (χ0v) is 15.5. The third-order valence-electron chi connectivity index (χ3n) is 4.77. The topological polar surface area (TPSA) is 58.8 Å². The average Bonchev–Trinajstić information content (AvgIpc) is 2.94. The maximum Gasteiger partial charge on any atom is 0.251 e. The summed E-state index contributed by atoms with van der Waals surface area (Å²) in [6.45, 7) is 7.14. The Kier molecular flexibility index (Phi) is 9.90. The van der Waals surface area contributed by atoms with Gasteiger partial charge < -0.3 is 20.3 Å². The van der Waals surface area contributed by atoms with Crippen molar-refractivity contribution in [1.82, 2.24) is 9.80 Å². The number of halogens is 2. The molecule has 0 aromatic heterocycles. The van der Waals surface area contributed by atoms with Gasteiger partial charge in [-0.1, -0.05) is 0 Å². The highest BCUT2D eigenvalue weighted by Crippen LogP contribution is 2.23. The quantitative estimate of drug-likeness (QED) is 0.833. The van der Waals surface area contributed by atoms with Crippen LogP contribution in [0, 0.1) is 0 Å². The number of ether oxygens (including phenoxy) is 1. The first-order valence-corrected chi connectivity index (χ1v) is 7.89. The van der Waals surface area contributed by atoms with Crippen molar-refractivity contribution in [1.29, 1.82) is 0 Å². The first kappa shape index (κ1) is 21.9. The van der Waals surface area contributed by atoms with Crippen LogP contribution in [0.1, 0.15) is 39.5 Å². The highest BCUT2D eigenvalue weighted by molar-refractivity contribution is 5.85. The number of likely N-dealkylation sites (tertiary alicyclic amines) is 1. The van der Waals surface area contributed by atoms with Gasteiger partial charge in [-0.05, 0) is 39.5 Å². The van der Waals surface area contributed by atoms with E-state index in [0.717, 1.165) is 38.8 Å². The van der Waals surface area contributed by atoms with Crippen LogP contribution in [-0.4, -0.2) is 66.7 Å². The molecule has 0 saturated carbocycles. The molecule has 0 unspecified atom stereocenters. The molecule has 0 radical (unpaired) electrons. The van der Waals surface area contributed by atoms with Gasteiger partial charge in [0.05, 0.1) is 6.10 Å². The van der Waals surface area contributed by atoms with Crippen molar-refractivity contribution in [3.8, 4) is 0 Å². The molecule has 7 heteroatoms. The van der Waals surface area contributed by atoms with E-state index in [-0.39, 0.29) is 42.9 Å². The van der Waals surface area contributed by atoms with Crippen molar-refractivity contribution in [3.63, 3.8) is 0 Å². The molecule has 5 nitrogen and oxygen atoms in total. The van der Waals surface area contributed by atoms with Gasteiger partial charge in [-0.3, -0.25) is 4.79 Å². The van der Waals surface area contributed by atoms with Gasteiger partial charge in [0.15, 0.2) is 0 Å². The Hall–Kier alpha value is -0.0700. The summed E-state index contributed by atoms with van der Waals surface area (Å²) in [7, 11) is 1.93. The Morgan fingerprint density at radius 3 is 2.27 bits per heavy atom. The summed E-state index contributed by atoms with van der Waals surface area (Å²) in [5.74, 6) is 0.143. The summed E-state index contributed by atoms with van der Waals surface area (Å²) in [5.41, 5.74) is 5.60. The summed E-state index contributed by atoms with van der Waals surface area (Å²) < 4.78 is 5.72. The molecule has 2 aliphatic heterocycles. The lowest BCUT2D eigenvalue weighted by Crippen LogP contribution is -2.49. The molecule has 0 aromatic carbocycles. The number of carbonyl (C=O) groups excluding carboxylic acids is 1. The number of likely N-dealkylation sites (N-methyl/N-ethyl adjacent to an activating group) is 1. The lowest BCUT2D eigenvalue weighted by molar-refractivity contribution is -0.144. The van der Waals surface area contributed by atoms with Crippen molar-refractivity contribution < 1.29 is 9.53 Å². The number of hydrogen-bond donors (Lipinski definition) is 1. The number of nitrogens with two attached hydrogens (primary N) is 1. The molecule has 0 spiro atoms. The van der Waals surface area contributed by atoms with Gasteiger partial charge in [0, 0.05) is 38.8 Å². The number of piperidine rings is 1. The molecule has 0 bridgehead atoms. The second-order valence-electron chi connectivity index (χ2n) is 6.37. The highest BCUT2D eigenvalue weighted by Gasteiger charge is 2.35. The normalized spacial score (nSPS) is 26.4. The number of nitrogens with zero attached hydrogens (tertiary/aromatic N) is 2. The van der Waals surface area contributed by atoms with E-state index in [1.165, 1.54) is 0 Å². The maximum atomic E-state index is 12.5. The van der Waals surface area contributed by atoms with E-state index in [1.807, 2.05) is 11.9 Å². The van der Waals surface area contributed by atoms with Crippen LogP contribution >= 0.6 is 24.8 Å². The minimum atomic E-state index is -0.267. The summed E-state index contributed by atoms with van der Waals surface area (Å²) in [6.07, 6.45) is 3.65. The summed E-state index contributed by atoms with van der Waals surface area (Å²) in [5, 5.41) is 0. The largest absolute Gasteiger partial charge is 0.364 e. The maximum absolute atomic E-state index is 12.5. The highest BCUT2D eigenvalue weighted by atomic mass is 35.5. The predicted molar refractivity (Wildman–Crippen MR) is 93.9 cm³/mol. The Labute approximate surface area is 146 Å². The summed E-state index contributed by atoms with van der Waals surface area (Å²) in [4.78, 5) is 16.9. The van der Waals surface area contributed by atoms with Crippen molar-refractivity contribution >= 4 is 30.7 Å². The van der Waals surface area contributed by atoms with Crippen molar-refractivity contribution in [2.45, 2.75) is 63.8 Å². The molecule has 0 aromatic rings. The second kappa shape index (κ2) is 9.93. The predicted octanol–water partition coefficient (Wildman–Crippen LogP) is 1.67. The monoisotopic (exact) mass is 355 g/mol. The zero-order chi connectivity index (χ0) is 14.7. The smallest absolute Gasteiger partial charge is 0.251 e. The molecule has 0 aliphatic carbocycles. The van der Waals surface area contributed by atoms with Crippen molar-refractivity contribution in [2.24, 2.45) is 5.73 Å². The van der Waals surface area contributed by atoms with Crippen LogP contribution in [-0.2, 0) is 9.53 Å². The van der Waals surface area contributed by atoms with Crippen LogP contribution in [0.2, 0.25) is 0 Å². The number of amides is 1. The van der Waals surface area contributed by atoms with E-state index in [1.54, 1.807) is 0 Å². The number of hydrogen-bond acceptors (Lipinski definition) is 4. The average molecular weight is 356 g/mol. The van der Waals surface area contributed by atoms with E-state index in [0.29, 0.717) is 18.6 Å². The van der Waals surface area contributed by atoms with Crippen LogP contribution < -0.4 is 5.73 Å². The minimum absolute atomic E-state index is 0. The second-order valence-corrected chi connectivity index (χ2v) is 6.37. The molecule has 2 heterocycles. The summed E-state index contributed by atoms with van der Waals surface area (Å²) in [6, 6.07) is 0.957. The zero-order valence-electron chi connectivity index (χ0n) is 13.9. The van der Waals surface area contributed by atoms with E-state index < -0.39 is 0 Å². The standard InChI is InChI=1S/C15H29N3O2.2ClH/c1-11(2)18-8-6-12(7-9-18)17(3)15(19)14-5-4-13(10-16)20-14;;/h11-14H,4-10,16H2,1-3H3;2*1H/t13-,14+;;/m1../s1. The molecular formula is C15H31Cl2N3O2. The van der Waals surface area contributed by atoms with Crippen LogP contribution in [0.5, 0.6) is 0 Å². The Morgan fingerprint density at radius 2 is 1.82 bits per heavy atom. The SMILES string of the molecule is CC(C)N1CCC(N(C)C(=O)[C@@H]2CC[C@H](CN)O2)CC1.Cl.Cl. The third kappa shape index (κ3) is 5.24. The fourth-order valence-corrected chi connectivity index (χ4v) is 3.26. The van der Waals surface area contributed by atoms with E-state index in [9.17, 15) is 4.79 Å². The van der Waals surface area contributed by atoms with E-state index in [4.69, 9.17) is 10.5 Å². The fraction of sp³-hybridized carbons (Fsp3) is 0.933. The molecule has 2 aliphatic rings. The summed E-state index contributed by atoms with van der Waals surface area (Å²) >= 11 is 0. The molecular weight excluding hydrogens is 325 g/mol. The third-order valence-corrected chi connectivity index (χ3v) is 4.77. The van der Waals surface area contributed by atoms with Gasteiger partial charge in [0.2, 0.25) is 0 Å². The van der Waals surface area contributed by atoms with Crippen molar-refractivity contribution in [3.05, 3.63) is 0 Å². The fourth-order valence-electron chi connectivity index (χ4n) is 3.26. The van der Waals surface area contributed by atoms with Crippen LogP contribution in [0.3, 0.4) is 0 Å².